The molecule has 1 heterocycles. The average molecular weight is 363 g/mol. The molecule has 1 aromatic rings. The maximum Gasteiger partial charge on any atom is 0.341 e. The number of aliphatic carboxylic acids is 1. The number of anilines is 1. The lowest BCUT2D eigenvalue weighted by Gasteiger charge is -2.24. The fourth-order valence-corrected chi connectivity index (χ4v) is 4.77. The van der Waals surface area contributed by atoms with Crippen molar-refractivity contribution in [2.75, 3.05) is 11.9 Å². The molecule has 134 valence electrons. The summed E-state index contributed by atoms with van der Waals surface area (Å²) in [6.07, 6.45) is 7.07. The molecule has 6 nitrogen and oxygen atoms in total. The van der Waals surface area contributed by atoms with E-state index in [2.05, 4.69) is 5.32 Å². The molecule has 1 aromatic heterocycles. The van der Waals surface area contributed by atoms with Crippen molar-refractivity contribution in [3.8, 4) is 0 Å². The van der Waals surface area contributed by atoms with Crippen LogP contribution in [0.1, 0.15) is 47.0 Å². The van der Waals surface area contributed by atoms with Gasteiger partial charge in [0.2, 0.25) is 5.91 Å². The van der Waals surface area contributed by atoms with Gasteiger partial charge >= 0.3 is 11.9 Å². The number of rotatable bonds is 5. The van der Waals surface area contributed by atoms with Gasteiger partial charge in [0.15, 0.2) is 0 Å². The Labute approximate surface area is 149 Å². The van der Waals surface area contributed by atoms with Crippen LogP contribution in [0, 0.1) is 11.8 Å². The summed E-state index contributed by atoms with van der Waals surface area (Å²) in [6.45, 7) is 2.01. The molecule has 3 rings (SSSR count). The fraction of sp³-hybridized carbons (Fsp3) is 0.500. The van der Waals surface area contributed by atoms with Crippen molar-refractivity contribution in [3.63, 3.8) is 0 Å². The molecular weight excluding hydrogens is 342 g/mol. The highest BCUT2D eigenvalue weighted by Gasteiger charge is 2.35. The molecule has 0 unspecified atom stereocenters. The molecule has 0 bridgehead atoms. The second-order valence-corrected chi connectivity index (χ2v) is 7.37. The van der Waals surface area contributed by atoms with E-state index in [1.807, 2.05) is 6.08 Å². The summed E-state index contributed by atoms with van der Waals surface area (Å²) in [6, 6.07) is 0. The molecule has 2 aliphatic rings. The number of aryl methyl sites for hydroxylation is 1. The first-order chi connectivity index (χ1) is 12.0. The third kappa shape index (κ3) is 3.46. The number of allylic oxidation sites excluding steroid dienone is 2. The maximum atomic E-state index is 12.7. The Kier molecular flexibility index (Phi) is 5.22. The van der Waals surface area contributed by atoms with Crippen molar-refractivity contribution in [1.82, 2.24) is 0 Å². The van der Waals surface area contributed by atoms with Crippen molar-refractivity contribution in [1.29, 1.82) is 0 Å². The van der Waals surface area contributed by atoms with E-state index in [4.69, 9.17) is 4.74 Å². The molecule has 0 saturated heterocycles. The van der Waals surface area contributed by atoms with Gasteiger partial charge in [0.25, 0.3) is 0 Å². The number of hydrogen-bond donors (Lipinski definition) is 2. The number of carbonyl (C=O) groups excluding carboxylic acids is 2. The van der Waals surface area contributed by atoms with Crippen LogP contribution >= 0.6 is 11.3 Å². The summed E-state index contributed by atoms with van der Waals surface area (Å²) in [7, 11) is 0. The minimum absolute atomic E-state index is 0.269. The van der Waals surface area contributed by atoms with E-state index >= 15 is 0 Å². The lowest BCUT2D eigenvalue weighted by atomic mass is 9.82. The molecule has 1 amide bonds. The Morgan fingerprint density at radius 1 is 1.24 bits per heavy atom. The number of ether oxygens (including phenoxy) is 1. The highest BCUT2D eigenvalue weighted by Crippen LogP contribution is 2.40. The summed E-state index contributed by atoms with van der Waals surface area (Å²) < 4.78 is 5.15. The third-order valence-electron chi connectivity index (χ3n) is 4.72. The Hall–Kier alpha value is -2.15. The number of esters is 1. The second-order valence-electron chi connectivity index (χ2n) is 6.27. The molecule has 0 radical (unpaired) electrons. The molecule has 0 aromatic carbocycles. The lowest BCUT2D eigenvalue weighted by Crippen LogP contribution is -2.34. The van der Waals surface area contributed by atoms with E-state index in [1.54, 1.807) is 13.0 Å². The van der Waals surface area contributed by atoms with E-state index in [0.717, 1.165) is 29.7 Å². The predicted molar refractivity (Wildman–Crippen MR) is 93.9 cm³/mol. The molecule has 0 spiro atoms. The zero-order valence-electron chi connectivity index (χ0n) is 14.0. The smallest absolute Gasteiger partial charge is 0.341 e. The lowest BCUT2D eigenvalue weighted by molar-refractivity contribution is -0.146. The third-order valence-corrected chi connectivity index (χ3v) is 5.93. The van der Waals surface area contributed by atoms with Gasteiger partial charge in [-0.15, -0.1) is 11.3 Å². The second kappa shape index (κ2) is 7.39. The van der Waals surface area contributed by atoms with E-state index in [-0.39, 0.29) is 12.5 Å². The van der Waals surface area contributed by atoms with Crippen LogP contribution in [0.4, 0.5) is 5.00 Å². The standard InChI is InChI=1S/C18H21NO5S/c1-2-24-18(23)14-12-8-5-9-13(12)25-16(14)19-15(20)10-6-3-4-7-11(10)17(21)22/h3-4,10-11H,2,5-9H2,1H3,(H,19,20)(H,21,22)/t10-,11-/m1/s1. The average Bonchev–Trinajstić information content (AvgIpc) is 3.15. The van der Waals surface area contributed by atoms with Gasteiger partial charge in [-0.25, -0.2) is 4.79 Å². The molecule has 0 fully saturated rings. The molecule has 0 saturated carbocycles. The molecule has 2 aliphatic carbocycles. The summed E-state index contributed by atoms with van der Waals surface area (Å²) in [5.74, 6) is -3.10. The Bertz CT molecular complexity index is 736. The zero-order valence-corrected chi connectivity index (χ0v) is 14.9. The summed E-state index contributed by atoms with van der Waals surface area (Å²) >= 11 is 1.41. The van der Waals surface area contributed by atoms with Crippen LogP contribution in [0.25, 0.3) is 0 Å². The number of fused-ring (bicyclic) bond motifs is 1. The zero-order chi connectivity index (χ0) is 18.0. The van der Waals surface area contributed by atoms with Gasteiger partial charge in [0, 0.05) is 4.88 Å². The van der Waals surface area contributed by atoms with Gasteiger partial charge in [0.1, 0.15) is 5.00 Å². The highest BCUT2D eigenvalue weighted by molar-refractivity contribution is 7.17. The van der Waals surface area contributed by atoms with Crippen LogP contribution in [0.15, 0.2) is 12.2 Å². The topological polar surface area (TPSA) is 92.7 Å². The first kappa shape index (κ1) is 17.7. The summed E-state index contributed by atoms with van der Waals surface area (Å²) in [5, 5.41) is 12.7. The normalized spacial score (nSPS) is 21.6. The largest absolute Gasteiger partial charge is 0.481 e. The van der Waals surface area contributed by atoms with E-state index in [9.17, 15) is 19.5 Å². The number of carbonyl (C=O) groups is 3. The van der Waals surface area contributed by atoms with Crippen molar-refractivity contribution in [2.45, 2.75) is 39.0 Å². The van der Waals surface area contributed by atoms with Gasteiger partial charge in [-0.3, -0.25) is 9.59 Å². The molecular formula is C18H21NO5S. The highest BCUT2D eigenvalue weighted by atomic mass is 32.1. The maximum absolute atomic E-state index is 12.7. The van der Waals surface area contributed by atoms with Crippen molar-refractivity contribution < 1.29 is 24.2 Å². The van der Waals surface area contributed by atoms with Crippen LogP contribution < -0.4 is 5.32 Å². The SMILES string of the molecule is CCOC(=O)c1c(NC(=O)[C@@H]2CC=CC[C@H]2C(=O)O)sc2c1CCC2. The molecule has 0 aliphatic heterocycles. The molecule has 7 heteroatoms. The molecule has 25 heavy (non-hydrogen) atoms. The minimum atomic E-state index is -0.969. The van der Waals surface area contributed by atoms with Gasteiger partial charge < -0.3 is 15.2 Å². The molecule has 2 atom stereocenters. The van der Waals surface area contributed by atoms with Crippen LogP contribution in [0.2, 0.25) is 0 Å². The number of carboxylic acids is 1. The van der Waals surface area contributed by atoms with Gasteiger partial charge in [0.05, 0.1) is 24.0 Å². The number of carboxylic acid groups (broad SMARTS) is 1. The van der Waals surface area contributed by atoms with Gasteiger partial charge in [-0.1, -0.05) is 12.2 Å². The fourth-order valence-electron chi connectivity index (χ4n) is 3.49. The number of nitrogens with one attached hydrogen (secondary N) is 1. The van der Waals surface area contributed by atoms with E-state index in [1.165, 1.54) is 11.3 Å². The number of amides is 1. The molecule has 2 N–H and O–H groups in total. The van der Waals surface area contributed by atoms with Gasteiger partial charge in [-0.2, -0.15) is 0 Å². The quantitative estimate of drug-likeness (QED) is 0.620. The summed E-state index contributed by atoms with van der Waals surface area (Å²) in [5.41, 5.74) is 1.42. The van der Waals surface area contributed by atoms with Crippen molar-refractivity contribution in [2.24, 2.45) is 11.8 Å². The van der Waals surface area contributed by atoms with E-state index in [0.29, 0.717) is 23.4 Å². The van der Waals surface area contributed by atoms with Crippen LogP contribution in [-0.4, -0.2) is 29.6 Å². The Morgan fingerprint density at radius 2 is 1.96 bits per heavy atom. The van der Waals surface area contributed by atoms with Gasteiger partial charge in [-0.05, 0) is 44.6 Å². The van der Waals surface area contributed by atoms with E-state index < -0.39 is 23.8 Å². The van der Waals surface area contributed by atoms with Crippen molar-refractivity contribution in [3.05, 3.63) is 28.2 Å². The Balaban J connectivity index is 1.85. The predicted octanol–water partition coefficient (Wildman–Crippen LogP) is 3.02. The van der Waals surface area contributed by atoms with Crippen LogP contribution in [0.3, 0.4) is 0 Å². The summed E-state index contributed by atoms with van der Waals surface area (Å²) in [4.78, 5) is 37.6. The monoisotopic (exact) mass is 363 g/mol. The number of hydrogen-bond acceptors (Lipinski definition) is 5. The number of thiophene rings is 1. The minimum Gasteiger partial charge on any atom is -0.481 e. The first-order valence-electron chi connectivity index (χ1n) is 8.53. The van der Waals surface area contributed by atoms with Crippen molar-refractivity contribution >= 4 is 34.2 Å². The van der Waals surface area contributed by atoms with Crippen LogP contribution in [0.5, 0.6) is 0 Å². The Morgan fingerprint density at radius 3 is 2.64 bits per heavy atom. The first-order valence-corrected chi connectivity index (χ1v) is 9.34. The van der Waals surface area contributed by atoms with Crippen LogP contribution in [-0.2, 0) is 27.2 Å².